The highest BCUT2D eigenvalue weighted by Crippen LogP contribution is 2.30. The van der Waals surface area contributed by atoms with E-state index in [9.17, 15) is 4.79 Å². The van der Waals surface area contributed by atoms with Gasteiger partial charge in [0.2, 0.25) is 5.91 Å². The Bertz CT molecular complexity index is 471. The Morgan fingerprint density at radius 2 is 2.10 bits per heavy atom. The predicted molar refractivity (Wildman–Crippen MR) is 82.5 cm³/mol. The van der Waals surface area contributed by atoms with E-state index in [0.29, 0.717) is 11.9 Å². The summed E-state index contributed by atoms with van der Waals surface area (Å²) in [5.41, 5.74) is 0. The van der Waals surface area contributed by atoms with Crippen LogP contribution in [0.5, 0.6) is 0 Å². The van der Waals surface area contributed by atoms with E-state index in [-0.39, 0.29) is 5.92 Å². The van der Waals surface area contributed by atoms with Gasteiger partial charge in [-0.05, 0) is 60.2 Å². The standard InChI is InChI=1S/C15H20BrN3O/c16-12-4-6-14(17-10-12)18-13-5-3-11(9-13)15(20)19-7-1-2-8-19/h4,6,10-11,13H,1-3,5,7-9H2,(H,17,18)/t11-,13+/m1/s1. The van der Waals surface area contributed by atoms with Gasteiger partial charge in [-0.15, -0.1) is 0 Å². The highest BCUT2D eigenvalue weighted by molar-refractivity contribution is 9.10. The molecule has 1 aromatic heterocycles. The van der Waals surface area contributed by atoms with Gasteiger partial charge in [-0.2, -0.15) is 0 Å². The maximum absolute atomic E-state index is 12.4. The van der Waals surface area contributed by atoms with E-state index in [4.69, 9.17) is 0 Å². The Morgan fingerprint density at radius 1 is 1.30 bits per heavy atom. The zero-order valence-electron chi connectivity index (χ0n) is 11.5. The van der Waals surface area contributed by atoms with E-state index in [1.54, 1.807) is 6.20 Å². The zero-order valence-corrected chi connectivity index (χ0v) is 13.1. The number of nitrogens with one attached hydrogen (secondary N) is 1. The Hall–Kier alpha value is -1.10. The second-order valence-corrected chi connectivity index (χ2v) is 6.66. The van der Waals surface area contributed by atoms with Crippen LogP contribution in [0.1, 0.15) is 32.1 Å². The molecule has 0 radical (unpaired) electrons. The molecule has 0 aromatic carbocycles. The van der Waals surface area contributed by atoms with Gasteiger partial charge in [0.1, 0.15) is 5.82 Å². The summed E-state index contributed by atoms with van der Waals surface area (Å²) >= 11 is 3.38. The van der Waals surface area contributed by atoms with E-state index < -0.39 is 0 Å². The molecule has 2 aliphatic rings. The molecular weight excluding hydrogens is 318 g/mol. The number of nitrogens with zero attached hydrogens (tertiary/aromatic N) is 2. The van der Waals surface area contributed by atoms with Crippen molar-refractivity contribution in [3.05, 3.63) is 22.8 Å². The van der Waals surface area contributed by atoms with Gasteiger partial charge >= 0.3 is 0 Å². The maximum atomic E-state index is 12.4. The number of anilines is 1. The Morgan fingerprint density at radius 3 is 2.80 bits per heavy atom. The number of carbonyl (C=O) groups is 1. The van der Waals surface area contributed by atoms with Gasteiger partial charge in [-0.25, -0.2) is 4.98 Å². The average molecular weight is 338 g/mol. The normalized spacial score (nSPS) is 25.9. The summed E-state index contributed by atoms with van der Waals surface area (Å²) in [6.07, 6.45) is 7.13. The van der Waals surface area contributed by atoms with Gasteiger partial charge in [0.25, 0.3) is 0 Å². The molecule has 3 rings (SSSR count). The lowest BCUT2D eigenvalue weighted by Crippen LogP contribution is -2.33. The molecule has 1 aromatic rings. The second-order valence-electron chi connectivity index (χ2n) is 5.75. The van der Waals surface area contributed by atoms with Crippen LogP contribution in [0.15, 0.2) is 22.8 Å². The molecule has 1 saturated carbocycles. The van der Waals surface area contributed by atoms with Gasteiger partial charge in [0.15, 0.2) is 0 Å². The fourth-order valence-corrected chi connectivity index (χ4v) is 3.44. The third-order valence-corrected chi connectivity index (χ3v) is 4.75. The summed E-state index contributed by atoms with van der Waals surface area (Å²) in [7, 11) is 0. The first-order valence-corrected chi connectivity index (χ1v) is 8.18. The molecule has 0 unspecified atom stereocenters. The maximum Gasteiger partial charge on any atom is 0.225 e. The fourth-order valence-electron chi connectivity index (χ4n) is 3.20. The molecule has 1 amide bonds. The molecule has 1 aliphatic carbocycles. The lowest BCUT2D eigenvalue weighted by atomic mass is 10.1. The number of pyridine rings is 1. The number of likely N-dealkylation sites (tertiary alicyclic amines) is 1. The molecular formula is C15H20BrN3O. The van der Waals surface area contributed by atoms with E-state index in [0.717, 1.165) is 42.6 Å². The molecule has 0 bridgehead atoms. The molecule has 2 heterocycles. The zero-order chi connectivity index (χ0) is 13.9. The van der Waals surface area contributed by atoms with Gasteiger partial charge in [-0.1, -0.05) is 0 Å². The Labute approximate surface area is 128 Å². The van der Waals surface area contributed by atoms with Crippen LogP contribution in [0.3, 0.4) is 0 Å². The van der Waals surface area contributed by atoms with Crippen LogP contribution >= 0.6 is 15.9 Å². The summed E-state index contributed by atoms with van der Waals surface area (Å²) in [6.45, 7) is 1.92. The van der Waals surface area contributed by atoms with Crippen LogP contribution in [0, 0.1) is 5.92 Å². The number of halogens is 1. The monoisotopic (exact) mass is 337 g/mol. The summed E-state index contributed by atoms with van der Waals surface area (Å²) in [6, 6.07) is 4.33. The molecule has 2 fully saturated rings. The molecule has 5 heteroatoms. The summed E-state index contributed by atoms with van der Waals surface area (Å²) < 4.78 is 0.983. The van der Waals surface area contributed by atoms with E-state index in [1.165, 1.54) is 12.8 Å². The van der Waals surface area contributed by atoms with Crippen molar-refractivity contribution in [2.24, 2.45) is 5.92 Å². The van der Waals surface area contributed by atoms with Crippen molar-refractivity contribution in [2.45, 2.75) is 38.1 Å². The number of hydrogen-bond acceptors (Lipinski definition) is 3. The SMILES string of the molecule is O=C([C@@H]1CC[C@H](Nc2ccc(Br)cn2)C1)N1CCCC1. The molecule has 1 N–H and O–H groups in total. The quantitative estimate of drug-likeness (QED) is 0.921. The molecule has 108 valence electrons. The largest absolute Gasteiger partial charge is 0.367 e. The number of hydrogen-bond donors (Lipinski definition) is 1. The van der Waals surface area contributed by atoms with Crippen molar-refractivity contribution in [2.75, 3.05) is 18.4 Å². The van der Waals surface area contributed by atoms with E-state index in [1.807, 2.05) is 17.0 Å². The second kappa shape index (κ2) is 6.12. The van der Waals surface area contributed by atoms with Crippen molar-refractivity contribution in [3.63, 3.8) is 0 Å². The van der Waals surface area contributed by atoms with Crippen molar-refractivity contribution in [3.8, 4) is 0 Å². The van der Waals surface area contributed by atoms with Crippen molar-refractivity contribution in [1.29, 1.82) is 0 Å². The number of carbonyl (C=O) groups excluding carboxylic acids is 1. The van der Waals surface area contributed by atoms with E-state index >= 15 is 0 Å². The van der Waals surface area contributed by atoms with E-state index in [2.05, 4.69) is 26.2 Å². The van der Waals surface area contributed by atoms with Crippen molar-refractivity contribution < 1.29 is 4.79 Å². The molecule has 1 aliphatic heterocycles. The van der Waals surface area contributed by atoms with Crippen LogP contribution in [-0.4, -0.2) is 34.9 Å². The lowest BCUT2D eigenvalue weighted by molar-refractivity contribution is -0.134. The Balaban J connectivity index is 1.54. The average Bonchev–Trinajstić information content (AvgIpc) is 3.12. The summed E-state index contributed by atoms with van der Waals surface area (Å²) in [4.78, 5) is 18.7. The van der Waals surface area contributed by atoms with Crippen LogP contribution in [0.25, 0.3) is 0 Å². The number of rotatable bonds is 3. The summed E-state index contributed by atoms with van der Waals surface area (Å²) in [5.74, 6) is 1.48. The third-order valence-electron chi connectivity index (χ3n) is 4.28. The molecule has 2 atom stereocenters. The minimum absolute atomic E-state index is 0.209. The third kappa shape index (κ3) is 3.14. The minimum atomic E-state index is 0.209. The molecule has 20 heavy (non-hydrogen) atoms. The van der Waals surface area contributed by atoms with Crippen LogP contribution < -0.4 is 5.32 Å². The molecule has 0 spiro atoms. The van der Waals surface area contributed by atoms with Crippen molar-refractivity contribution in [1.82, 2.24) is 9.88 Å². The van der Waals surface area contributed by atoms with Crippen molar-refractivity contribution >= 4 is 27.7 Å². The predicted octanol–water partition coefficient (Wildman–Crippen LogP) is 3.05. The number of amides is 1. The van der Waals surface area contributed by atoms with Gasteiger partial charge in [0, 0.05) is 35.7 Å². The van der Waals surface area contributed by atoms with Crippen LogP contribution in [-0.2, 0) is 4.79 Å². The highest BCUT2D eigenvalue weighted by Gasteiger charge is 2.33. The molecule has 4 nitrogen and oxygen atoms in total. The van der Waals surface area contributed by atoms with Gasteiger partial charge in [-0.3, -0.25) is 4.79 Å². The highest BCUT2D eigenvalue weighted by atomic mass is 79.9. The molecule has 1 saturated heterocycles. The first-order chi connectivity index (χ1) is 9.72. The first kappa shape index (κ1) is 13.9. The number of aromatic nitrogens is 1. The Kier molecular flexibility index (Phi) is 4.24. The first-order valence-electron chi connectivity index (χ1n) is 7.39. The topological polar surface area (TPSA) is 45.2 Å². The lowest BCUT2D eigenvalue weighted by Gasteiger charge is -2.20. The fraction of sp³-hybridized carbons (Fsp3) is 0.600. The summed E-state index contributed by atoms with van der Waals surface area (Å²) in [5, 5.41) is 3.44. The van der Waals surface area contributed by atoms with Crippen LogP contribution in [0.4, 0.5) is 5.82 Å². The van der Waals surface area contributed by atoms with Crippen LogP contribution in [0.2, 0.25) is 0 Å². The smallest absolute Gasteiger partial charge is 0.225 e. The van der Waals surface area contributed by atoms with Gasteiger partial charge < -0.3 is 10.2 Å². The minimum Gasteiger partial charge on any atom is -0.367 e. The van der Waals surface area contributed by atoms with Gasteiger partial charge in [0.05, 0.1) is 0 Å².